The summed E-state index contributed by atoms with van der Waals surface area (Å²) in [5.74, 6) is -0.0894. The highest BCUT2D eigenvalue weighted by atomic mass is 19.1. The minimum atomic E-state index is -0.0894. The Bertz CT molecular complexity index is 546. The number of H-pyrrole nitrogens is 1. The lowest BCUT2D eigenvalue weighted by Gasteiger charge is -2.21. The van der Waals surface area contributed by atoms with Gasteiger partial charge in [-0.15, -0.1) is 0 Å². The van der Waals surface area contributed by atoms with Gasteiger partial charge in [-0.05, 0) is 42.6 Å². The standard InChI is InChI=1S/C13H14FN3/c1-8-4-11(9-5-16-17-6-9)13(14)10-2-3-15-7-12(8)10/h4-6,15H,2-3,7H2,1H3,(H,16,17). The molecule has 1 aliphatic heterocycles. The highest BCUT2D eigenvalue weighted by Crippen LogP contribution is 2.30. The maximum atomic E-state index is 14.4. The average molecular weight is 231 g/mol. The summed E-state index contributed by atoms with van der Waals surface area (Å²) in [7, 11) is 0. The monoisotopic (exact) mass is 231 g/mol. The number of aryl methyl sites for hydroxylation is 1. The van der Waals surface area contributed by atoms with Gasteiger partial charge in [-0.1, -0.05) is 0 Å². The van der Waals surface area contributed by atoms with Crippen LogP contribution in [0.2, 0.25) is 0 Å². The van der Waals surface area contributed by atoms with E-state index < -0.39 is 0 Å². The van der Waals surface area contributed by atoms with Gasteiger partial charge in [0.1, 0.15) is 5.82 Å². The van der Waals surface area contributed by atoms with E-state index in [1.807, 2.05) is 13.0 Å². The van der Waals surface area contributed by atoms with Crippen LogP contribution < -0.4 is 5.32 Å². The number of aromatic nitrogens is 2. The van der Waals surface area contributed by atoms with Crippen LogP contribution in [0.4, 0.5) is 4.39 Å². The second kappa shape index (κ2) is 3.96. The van der Waals surface area contributed by atoms with Crippen LogP contribution in [-0.4, -0.2) is 16.7 Å². The number of halogens is 1. The molecule has 0 aliphatic carbocycles. The van der Waals surface area contributed by atoms with Crippen LogP contribution in [-0.2, 0) is 13.0 Å². The Morgan fingerprint density at radius 3 is 3.00 bits per heavy atom. The summed E-state index contributed by atoms with van der Waals surface area (Å²) in [6.07, 6.45) is 4.14. The first kappa shape index (κ1) is 10.5. The zero-order valence-electron chi connectivity index (χ0n) is 9.68. The molecule has 1 aliphatic rings. The van der Waals surface area contributed by atoms with Crippen LogP contribution in [0.3, 0.4) is 0 Å². The molecule has 4 heteroatoms. The quantitative estimate of drug-likeness (QED) is 0.789. The van der Waals surface area contributed by atoms with Crippen molar-refractivity contribution < 1.29 is 4.39 Å². The first-order valence-electron chi connectivity index (χ1n) is 5.78. The number of hydrogen-bond donors (Lipinski definition) is 2. The summed E-state index contributed by atoms with van der Waals surface area (Å²) in [6, 6.07) is 1.91. The van der Waals surface area contributed by atoms with Gasteiger partial charge >= 0.3 is 0 Å². The number of benzene rings is 1. The fraction of sp³-hybridized carbons (Fsp3) is 0.308. The third-order valence-corrected chi connectivity index (χ3v) is 3.37. The van der Waals surface area contributed by atoms with Crippen LogP contribution >= 0.6 is 0 Å². The van der Waals surface area contributed by atoms with E-state index in [0.29, 0.717) is 5.56 Å². The van der Waals surface area contributed by atoms with Gasteiger partial charge in [-0.3, -0.25) is 5.10 Å². The number of nitrogens with one attached hydrogen (secondary N) is 2. The Hall–Kier alpha value is -1.68. The molecule has 2 heterocycles. The van der Waals surface area contributed by atoms with Crippen molar-refractivity contribution in [2.45, 2.75) is 19.9 Å². The second-order valence-electron chi connectivity index (χ2n) is 4.43. The Morgan fingerprint density at radius 2 is 2.24 bits per heavy atom. The molecule has 0 atom stereocenters. The molecule has 1 aromatic carbocycles. The van der Waals surface area contributed by atoms with E-state index in [4.69, 9.17) is 0 Å². The predicted molar refractivity (Wildman–Crippen MR) is 64.1 cm³/mol. The third kappa shape index (κ3) is 1.65. The van der Waals surface area contributed by atoms with Crippen LogP contribution in [0, 0.1) is 12.7 Å². The largest absolute Gasteiger partial charge is 0.312 e. The lowest BCUT2D eigenvalue weighted by atomic mass is 9.91. The van der Waals surface area contributed by atoms with E-state index in [-0.39, 0.29) is 5.82 Å². The van der Waals surface area contributed by atoms with E-state index in [2.05, 4.69) is 15.5 Å². The molecule has 0 unspecified atom stereocenters. The highest BCUT2D eigenvalue weighted by molar-refractivity contribution is 5.66. The molecule has 17 heavy (non-hydrogen) atoms. The number of fused-ring (bicyclic) bond motifs is 1. The molecule has 0 bridgehead atoms. The maximum absolute atomic E-state index is 14.4. The van der Waals surface area contributed by atoms with E-state index >= 15 is 0 Å². The molecule has 0 amide bonds. The van der Waals surface area contributed by atoms with Crippen molar-refractivity contribution in [2.24, 2.45) is 0 Å². The van der Waals surface area contributed by atoms with Gasteiger partial charge in [-0.25, -0.2) is 4.39 Å². The molecule has 1 aromatic heterocycles. The van der Waals surface area contributed by atoms with Crippen molar-refractivity contribution in [1.82, 2.24) is 15.5 Å². The molecule has 2 aromatic rings. The minimum absolute atomic E-state index is 0.0894. The Balaban J connectivity index is 2.21. The second-order valence-corrected chi connectivity index (χ2v) is 4.43. The molecule has 3 rings (SSSR count). The summed E-state index contributed by atoms with van der Waals surface area (Å²) in [4.78, 5) is 0. The first-order valence-corrected chi connectivity index (χ1v) is 5.78. The van der Waals surface area contributed by atoms with Crippen LogP contribution in [0.5, 0.6) is 0 Å². The average Bonchev–Trinajstić information content (AvgIpc) is 2.87. The van der Waals surface area contributed by atoms with Gasteiger partial charge in [-0.2, -0.15) is 5.10 Å². The van der Waals surface area contributed by atoms with Crippen molar-refractivity contribution in [2.75, 3.05) is 6.54 Å². The van der Waals surface area contributed by atoms with Crippen molar-refractivity contribution in [3.05, 3.63) is 41.0 Å². The normalized spacial score (nSPS) is 14.7. The van der Waals surface area contributed by atoms with Gasteiger partial charge < -0.3 is 5.32 Å². The molecule has 0 spiro atoms. The molecule has 88 valence electrons. The number of aromatic amines is 1. The van der Waals surface area contributed by atoms with Gasteiger partial charge in [0.25, 0.3) is 0 Å². The number of hydrogen-bond acceptors (Lipinski definition) is 2. The van der Waals surface area contributed by atoms with Crippen molar-refractivity contribution in [1.29, 1.82) is 0 Å². The Morgan fingerprint density at radius 1 is 1.35 bits per heavy atom. The fourth-order valence-electron chi connectivity index (χ4n) is 2.44. The smallest absolute Gasteiger partial charge is 0.134 e. The van der Waals surface area contributed by atoms with Crippen LogP contribution in [0.15, 0.2) is 18.5 Å². The van der Waals surface area contributed by atoms with Crippen molar-refractivity contribution >= 4 is 0 Å². The molecule has 0 saturated heterocycles. The molecular weight excluding hydrogens is 217 g/mol. The minimum Gasteiger partial charge on any atom is -0.312 e. The Labute approximate surface area is 99.1 Å². The van der Waals surface area contributed by atoms with Gasteiger partial charge in [0, 0.05) is 23.9 Å². The van der Waals surface area contributed by atoms with Crippen LogP contribution in [0.1, 0.15) is 16.7 Å². The molecule has 0 saturated carbocycles. The lowest BCUT2D eigenvalue weighted by molar-refractivity contribution is 0.569. The van der Waals surface area contributed by atoms with Crippen molar-refractivity contribution in [3.8, 4) is 11.1 Å². The zero-order valence-corrected chi connectivity index (χ0v) is 9.68. The van der Waals surface area contributed by atoms with E-state index in [1.54, 1.807) is 12.4 Å². The molecular formula is C13H14FN3. The zero-order chi connectivity index (χ0) is 11.8. The summed E-state index contributed by atoms with van der Waals surface area (Å²) in [5.41, 5.74) is 4.58. The summed E-state index contributed by atoms with van der Waals surface area (Å²) in [5, 5.41) is 9.88. The Kier molecular flexibility index (Phi) is 2.44. The fourth-order valence-corrected chi connectivity index (χ4v) is 2.44. The van der Waals surface area contributed by atoms with E-state index in [1.165, 1.54) is 0 Å². The topological polar surface area (TPSA) is 40.7 Å². The molecule has 2 N–H and O–H groups in total. The van der Waals surface area contributed by atoms with Gasteiger partial charge in [0.2, 0.25) is 0 Å². The van der Waals surface area contributed by atoms with Gasteiger partial charge in [0.15, 0.2) is 0 Å². The SMILES string of the molecule is Cc1cc(-c2cn[nH]c2)c(F)c2c1CNCC2. The molecule has 3 nitrogen and oxygen atoms in total. The van der Waals surface area contributed by atoms with E-state index in [9.17, 15) is 4.39 Å². The van der Waals surface area contributed by atoms with Gasteiger partial charge in [0.05, 0.1) is 6.20 Å². The molecule has 0 radical (unpaired) electrons. The lowest BCUT2D eigenvalue weighted by Crippen LogP contribution is -2.25. The third-order valence-electron chi connectivity index (χ3n) is 3.37. The maximum Gasteiger partial charge on any atom is 0.134 e. The summed E-state index contributed by atoms with van der Waals surface area (Å²) < 4.78 is 14.4. The van der Waals surface area contributed by atoms with Crippen LogP contribution in [0.25, 0.3) is 11.1 Å². The molecule has 0 fully saturated rings. The van der Waals surface area contributed by atoms with Crippen molar-refractivity contribution in [3.63, 3.8) is 0 Å². The first-order chi connectivity index (χ1) is 8.27. The summed E-state index contributed by atoms with van der Waals surface area (Å²) in [6.45, 7) is 3.65. The summed E-state index contributed by atoms with van der Waals surface area (Å²) >= 11 is 0. The number of rotatable bonds is 1. The number of nitrogens with zero attached hydrogens (tertiary/aromatic N) is 1. The highest BCUT2D eigenvalue weighted by Gasteiger charge is 2.19. The predicted octanol–water partition coefficient (Wildman–Crippen LogP) is 2.17. The van der Waals surface area contributed by atoms with E-state index in [0.717, 1.165) is 41.8 Å².